The van der Waals surface area contributed by atoms with Crippen LogP contribution in [0.2, 0.25) is 0 Å². The van der Waals surface area contributed by atoms with Crippen LogP contribution in [0.3, 0.4) is 0 Å². The Morgan fingerprint density at radius 3 is 2.54 bits per heavy atom. The first kappa shape index (κ1) is 22.2. The summed E-state index contributed by atoms with van der Waals surface area (Å²) in [5, 5.41) is 41.6. The summed E-state index contributed by atoms with van der Waals surface area (Å²) in [6, 6.07) is -1.64. The molecule has 0 amide bonds. The predicted octanol–water partition coefficient (Wildman–Crippen LogP) is 0.176. The molecule has 0 aromatic carbocycles. The molecule has 6 N–H and O–H groups in total. The lowest BCUT2D eigenvalue weighted by molar-refractivity contribution is -0.145. The van der Waals surface area contributed by atoms with Gasteiger partial charge in [0.1, 0.15) is 18.2 Å². The van der Waals surface area contributed by atoms with Crippen LogP contribution in [-0.2, 0) is 17.6 Å². The highest BCUT2D eigenvalue weighted by molar-refractivity contribution is 5.74. The van der Waals surface area contributed by atoms with Gasteiger partial charge in [-0.15, -0.1) is 0 Å². The number of aryl methyl sites for hydroxylation is 2. The lowest BCUT2D eigenvalue weighted by atomic mass is 9.99. The molecular weight excluding hydrogens is 342 g/mol. The molecule has 0 aliphatic carbocycles. The van der Waals surface area contributed by atoms with Crippen molar-refractivity contribution in [2.24, 2.45) is 5.73 Å². The molecule has 0 saturated carbocycles. The van der Waals surface area contributed by atoms with E-state index in [0.717, 1.165) is 44.3 Å². The fourth-order valence-corrected chi connectivity index (χ4v) is 2.33. The van der Waals surface area contributed by atoms with Crippen LogP contribution < -0.4 is 5.73 Å². The van der Waals surface area contributed by atoms with E-state index in [1.807, 2.05) is 13.0 Å². The molecule has 0 saturated heterocycles. The number of hydrogen-bond acceptors (Lipinski definition) is 8. The number of allylic oxidation sites excluding steroid dienone is 1. The number of carboxylic acids is 1. The average Bonchev–Trinajstić information content (AvgIpc) is 3.09. The Hall–Kier alpha value is -1.81. The smallest absolute Gasteiger partial charge is 0.323 e. The van der Waals surface area contributed by atoms with Crippen molar-refractivity contribution in [3.05, 3.63) is 23.9 Å². The highest BCUT2D eigenvalue weighted by Gasteiger charge is 2.32. The second-order valence-electron chi connectivity index (χ2n) is 6.18. The summed E-state index contributed by atoms with van der Waals surface area (Å²) in [5.74, 6) is -0.0588. The van der Waals surface area contributed by atoms with Gasteiger partial charge >= 0.3 is 5.97 Å². The van der Waals surface area contributed by atoms with Gasteiger partial charge < -0.3 is 30.7 Å². The Morgan fingerprint density at radius 2 is 1.92 bits per heavy atom. The van der Waals surface area contributed by atoms with Gasteiger partial charge in [-0.2, -0.15) is 4.98 Å². The van der Waals surface area contributed by atoms with Crippen LogP contribution in [0.25, 0.3) is 0 Å². The number of nitrogens with two attached hydrogens (primary N) is 1. The summed E-state index contributed by atoms with van der Waals surface area (Å²) < 4.78 is 5.11. The van der Waals surface area contributed by atoms with E-state index in [4.69, 9.17) is 15.4 Å². The first-order valence-corrected chi connectivity index (χ1v) is 8.85. The van der Waals surface area contributed by atoms with Gasteiger partial charge in [-0.3, -0.25) is 4.79 Å². The summed E-state index contributed by atoms with van der Waals surface area (Å²) >= 11 is 0. The molecule has 4 atom stereocenters. The summed E-state index contributed by atoms with van der Waals surface area (Å²) in [6.07, 6.45) is 4.26. The first-order valence-electron chi connectivity index (χ1n) is 8.85. The van der Waals surface area contributed by atoms with Crippen LogP contribution in [0.1, 0.15) is 50.7 Å². The van der Waals surface area contributed by atoms with Crippen LogP contribution in [0.5, 0.6) is 0 Å². The molecule has 1 aromatic rings. The molecule has 0 bridgehead atoms. The molecular formula is C17H29N3O6. The minimum atomic E-state index is -1.73. The number of carboxylic acid groups (broad SMARTS) is 1. The van der Waals surface area contributed by atoms with Crippen molar-refractivity contribution in [1.29, 1.82) is 0 Å². The topological polar surface area (TPSA) is 163 Å². The lowest BCUT2D eigenvalue weighted by Gasteiger charge is -2.24. The highest BCUT2D eigenvalue weighted by atomic mass is 16.5. The van der Waals surface area contributed by atoms with Crippen molar-refractivity contribution >= 4 is 5.97 Å². The number of rotatable bonds is 13. The third-order valence-electron chi connectivity index (χ3n) is 4.03. The number of nitrogens with zero attached hydrogens (tertiary/aromatic N) is 2. The third-order valence-corrected chi connectivity index (χ3v) is 4.03. The van der Waals surface area contributed by atoms with Gasteiger partial charge in [0, 0.05) is 12.8 Å². The van der Waals surface area contributed by atoms with E-state index in [-0.39, 0.29) is 6.42 Å². The van der Waals surface area contributed by atoms with Gasteiger partial charge in [0.2, 0.25) is 5.89 Å². The average molecular weight is 371 g/mol. The molecule has 0 fully saturated rings. The van der Waals surface area contributed by atoms with Crippen LogP contribution in [0, 0.1) is 0 Å². The Labute approximate surface area is 152 Å². The fourth-order valence-electron chi connectivity index (χ4n) is 2.33. The van der Waals surface area contributed by atoms with Gasteiger partial charge in [-0.25, -0.2) is 0 Å². The molecule has 26 heavy (non-hydrogen) atoms. The van der Waals surface area contributed by atoms with Gasteiger partial charge in [-0.05, 0) is 25.7 Å². The molecule has 9 heteroatoms. The van der Waals surface area contributed by atoms with Crippen molar-refractivity contribution in [2.75, 3.05) is 0 Å². The number of aromatic nitrogens is 2. The van der Waals surface area contributed by atoms with Crippen LogP contribution >= 0.6 is 0 Å². The molecule has 4 unspecified atom stereocenters. The van der Waals surface area contributed by atoms with E-state index < -0.39 is 30.3 Å². The van der Waals surface area contributed by atoms with E-state index in [9.17, 15) is 20.1 Å². The van der Waals surface area contributed by atoms with Crippen molar-refractivity contribution in [3.63, 3.8) is 0 Å². The van der Waals surface area contributed by atoms with Crippen LogP contribution in [-0.4, -0.2) is 60.9 Å². The van der Waals surface area contributed by atoms with Gasteiger partial charge in [0.15, 0.2) is 5.82 Å². The largest absolute Gasteiger partial charge is 0.480 e. The Kier molecular flexibility index (Phi) is 10.0. The van der Waals surface area contributed by atoms with E-state index in [0.29, 0.717) is 5.89 Å². The van der Waals surface area contributed by atoms with Crippen molar-refractivity contribution in [3.8, 4) is 0 Å². The highest BCUT2D eigenvalue weighted by Crippen LogP contribution is 2.10. The minimum Gasteiger partial charge on any atom is -0.480 e. The van der Waals surface area contributed by atoms with E-state index in [1.165, 1.54) is 0 Å². The first-order chi connectivity index (χ1) is 12.4. The van der Waals surface area contributed by atoms with E-state index >= 15 is 0 Å². The number of aliphatic hydroxyl groups excluding tert-OH is 3. The maximum Gasteiger partial charge on any atom is 0.323 e. The van der Waals surface area contributed by atoms with Crippen molar-refractivity contribution < 1.29 is 29.7 Å². The number of aliphatic carboxylic acids is 1. The second-order valence-corrected chi connectivity index (χ2v) is 6.18. The zero-order chi connectivity index (χ0) is 19.5. The third kappa shape index (κ3) is 7.61. The lowest BCUT2D eigenvalue weighted by Crippen LogP contribution is -2.51. The predicted molar refractivity (Wildman–Crippen MR) is 93.2 cm³/mol. The van der Waals surface area contributed by atoms with Gasteiger partial charge in [-0.1, -0.05) is 30.7 Å². The molecule has 0 spiro atoms. The molecule has 9 nitrogen and oxygen atoms in total. The summed E-state index contributed by atoms with van der Waals surface area (Å²) in [6.45, 7) is 1.97. The zero-order valence-corrected chi connectivity index (χ0v) is 15.0. The normalized spacial score (nSPS) is 16.5. The van der Waals surface area contributed by atoms with Crippen LogP contribution in [0.4, 0.5) is 0 Å². The Morgan fingerprint density at radius 1 is 1.19 bits per heavy atom. The molecule has 0 aliphatic heterocycles. The number of hydrogen-bond donors (Lipinski definition) is 5. The number of carbonyl (C=O) groups is 1. The summed E-state index contributed by atoms with van der Waals surface area (Å²) in [4.78, 5) is 14.9. The van der Waals surface area contributed by atoms with E-state index in [1.54, 1.807) is 6.08 Å². The molecule has 1 aromatic heterocycles. The van der Waals surface area contributed by atoms with Gasteiger partial charge in [0.05, 0.1) is 6.10 Å². The standard InChI is InChI=1S/C17H29N3O6/c1-2-12-19-13(26-20-12)10-8-6-4-3-5-7-9-11(21)15(22)16(23)14(18)17(24)25/h5,7,11,14-16,21-23H,2-4,6,8-10,18H2,1H3,(H,24,25)/b7-5+. The monoisotopic (exact) mass is 371 g/mol. The summed E-state index contributed by atoms with van der Waals surface area (Å²) in [7, 11) is 0. The maximum absolute atomic E-state index is 10.7. The molecule has 148 valence electrons. The molecule has 0 aliphatic rings. The quantitative estimate of drug-likeness (QED) is 0.240. The fraction of sp³-hybridized carbons (Fsp3) is 0.706. The Balaban J connectivity index is 2.15. The molecule has 1 heterocycles. The van der Waals surface area contributed by atoms with Crippen molar-refractivity contribution in [1.82, 2.24) is 10.1 Å². The zero-order valence-electron chi connectivity index (χ0n) is 15.0. The molecule has 0 radical (unpaired) electrons. The molecule has 1 rings (SSSR count). The number of aliphatic hydroxyl groups is 3. The van der Waals surface area contributed by atoms with Gasteiger partial charge in [0.25, 0.3) is 0 Å². The van der Waals surface area contributed by atoms with Crippen LogP contribution in [0.15, 0.2) is 16.7 Å². The van der Waals surface area contributed by atoms with E-state index in [2.05, 4.69) is 10.1 Å². The summed E-state index contributed by atoms with van der Waals surface area (Å²) in [5.41, 5.74) is 5.22. The number of unbranched alkanes of at least 4 members (excludes halogenated alkanes) is 3. The minimum absolute atomic E-state index is 0.104. The second kappa shape index (κ2) is 11.7. The maximum atomic E-state index is 10.7. The SMILES string of the molecule is CCc1noc(CCCCC/C=C/CC(O)C(O)C(O)C(N)C(=O)O)n1. The Bertz CT molecular complexity index is 562. The van der Waals surface area contributed by atoms with Crippen molar-refractivity contribution in [2.45, 2.75) is 76.2 Å².